The molecule has 3 heterocycles. The van der Waals surface area contributed by atoms with Crippen molar-refractivity contribution in [3.05, 3.63) is 17.8 Å². The summed E-state index contributed by atoms with van der Waals surface area (Å²) < 4.78 is 10.7. The van der Waals surface area contributed by atoms with Gasteiger partial charge in [0.15, 0.2) is 11.6 Å². The van der Waals surface area contributed by atoms with Crippen LogP contribution in [0.2, 0.25) is 0 Å². The van der Waals surface area contributed by atoms with Crippen molar-refractivity contribution >= 4 is 11.8 Å². The molecule has 1 aliphatic carbocycles. The molecule has 1 N–H and O–H groups in total. The van der Waals surface area contributed by atoms with E-state index in [9.17, 15) is 9.59 Å². The number of oxazole rings is 1. The summed E-state index contributed by atoms with van der Waals surface area (Å²) >= 11 is 0. The monoisotopic (exact) mass is 362 g/mol. The number of likely N-dealkylation sites (tertiary alicyclic amines) is 1. The van der Waals surface area contributed by atoms with Crippen molar-refractivity contribution in [2.24, 2.45) is 5.92 Å². The van der Waals surface area contributed by atoms with E-state index >= 15 is 0 Å². The lowest BCUT2D eigenvalue weighted by atomic mass is 10.2. The molecule has 0 radical (unpaired) electrons. The molecule has 26 heavy (non-hydrogen) atoms. The molecule has 1 atom stereocenters. The third kappa shape index (κ3) is 4.42. The van der Waals surface area contributed by atoms with Crippen LogP contribution in [0.5, 0.6) is 0 Å². The van der Waals surface area contributed by atoms with Gasteiger partial charge in [-0.2, -0.15) is 0 Å². The molecule has 4 rings (SSSR count). The number of morpholine rings is 1. The molecule has 0 bridgehead atoms. The summed E-state index contributed by atoms with van der Waals surface area (Å²) in [6, 6.07) is -0.164. The first-order valence-corrected chi connectivity index (χ1v) is 9.50. The van der Waals surface area contributed by atoms with E-state index in [1.165, 1.54) is 19.1 Å². The highest BCUT2D eigenvalue weighted by molar-refractivity contribution is 5.93. The van der Waals surface area contributed by atoms with Crippen LogP contribution in [-0.2, 0) is 16.0 Å². The molecule has 8 heteroatoms. The molecule has 1 saturated carbocycles. The highest BCUT2D eigenvalue weighted by atomic mass is 16.5. The fraction of sp³-hybridized carbons (Fsp3) is 0.722. The Labute approximate surface area is 152 Å². The maximum atomic E-state index is 12.3. The predicted molar refractivity (Wildman–Crippen MR) is 92.6 cm³/mol. The van der Waals surface area contributed by atoms with E-state index < -0.39 is 0 Å². The van der Waals surface area contributed by atoms with Gasteiger partial charge in [-0.3, -0.25) is 14.5 Å². The Morgan fingerprint density at radius 2 is 2.08 bits per heavy atom. The highest BCUT2D eigenvalue weighted by Gasteiger charge is 2.31. The van der Waals surface area contributed by atoms with Gasteiger partial charge in [0.1, 0.15) is 6.26 Å². The summed E-state index contributed by atoms with van der Waals surface area (Å²) in [6.07, 6.45) is 5.01. The quantitative estimate of drug-likeness (QED) is 0.750. The van der Waals surface area contributed by atoms with Crippen LogP contribution in [0.15, 0.2) is 10.7 Å². The van der Waals surface area contributed by atoms with Gasteiger partial charge in [0.2, 0.25) is 5.91 Å². The number of nitrogens with one attached hydrogen (secondary N) is 1. The van der Waals surface area contributed by atoms with Gasteiger partial charge in [-0.25, -0.2) is 4.98 Å². The van der Waals surface area contributed by atoms with E-state index in [-0.39, 0.29) is 17.9 Å². The summed E-state index contributed by atoms with van der Waals surface area (Å²) in [6.45, 7) is 5.45. The van der Waals surface area contributed by atoms with E-state index in [1.54, 1.807) is 0 Å². The van der Waals surface area contributed by atoms with E-state index in [1.807, 2.05) is 4.90 Å². The van der Waals surface area contributed by atoms with Crippen molar-refractivity contribution < 1.29 is 18.7 Å². The number of carbonyl (C=O) groups excluding carboxylic acids is 2. The Morgan fingerprint density at radius 1 is 1.27 bits per heavy atom. The van der Waals surface area contributed by atoms with E-state index in [0.29, 0.717) is 37.0 Å². The van der Waals surface area contributed by atoms with Crippen LogP contribution in [0.1, 0.15) is 35.6 Å². The Hall–Kier alpha value is -1.93. The minimum Gasteiger partial charge on any atom is -0.448 e. The third-order valence-electron chi connectivity index (χ3n) is 5.28. The van der Waals surface area contributed by atoms with Crippen LogP contribution in [0.25, 0.3) is 0 Å². The van der Waals surface area contributed by atoms with Crippen LogP contribution < -0.4 is 5.32 Å². The molecule has 142 valence electrons. The molecule has 3 aliphatic rings. The molecule has 0 unspecified atom stereocenters. The lowest BCUT2D eigenvalue weighted by Gasteiger charge is -2.28. The van der Waals surface area contributed by atoms with E-state index in [2.05, 4.69) is 15.2 Å². The topological polar surface area (TPSA) is 87.9 Å². The standard InChI is InChI=1S/C18H26N4O4/c23-17-10-14(11-22(17)4-3-21-5-7-25-8-6-21)19-18(24)15-12-26-16(20-15)9-13-1-2-13/h12-14H,1-11H2,(H,19,24)/t14-/m0/s1. The molecule has 0 aromatic carbocycles. The fourth-order valence-electron chi connectivity index (χ4n) is 3.51. The number of rotatable bonds is 7. The van der Waals surface area contributed by atoms with Gasteiger partial charge < -0.3 is 19.4 Å². The zero-order valence-corrected chi connectivity index (χ0v) is 15.0. The number of aromatic nitrogens is 1. The average Bonchev–Trinajstić information content (AvgIpc) is 3.20. The molecule has 8 nitrogen and oxygen atoms in total. The summed E-state index contributed by atoms with van der Waals surface area (Å²) in [5, 5.41) is 2.92. The molecule has 2 saturated heterocycles. The SMILES string of the molecule is O=C(N[C@H]1CC(=O)N(CCN2CCOCC2)C1)c1coc(CC2CC2)n1. The van der Waals surface area contributed by atoms with Crippen LogP contribution in [0, 0.1) is 5.92 Å². The number of hydrogen-bond acceptors (Lipinski definition) is 6. The van der Waals surface area contributed by atoms with E-state index in [0.717, 1.165) is 39.3 Å². The lowest BCUT2D eigenvalue weighted by Crippen LogP contribution is -2.42. The van der Waals surface area contributed by atoms with Crippen LogP contribution in [-0.4, -0.2) is 78.6 Å². The minimum absolute atomic E-state index is 0.0955. The zero-order chi connectivity index (χ0) is 17.9. The van der Waals surface area contributed by atoms with Crippen molar-refractivity contribution in [3.63, 3.8) is 0 Å². The van der Waals surface area contributed by atoms with Crippen molar-refractivity contribution in [3.8, 4) is 0 Å². The number of amides is 2. The van der Waals surface area contributed by atoms with Gasteiger partial charge in [-0.1, -0.05) is 0 Å². The average molecular weight is 362 g/mol. The first kappa shape index (κ1) is 17.5. The normalized spacial score (nSPS) is 24.2. The Kier molecular flexibility index (Phi) is 5.21. The van der Waals surface area contributed by atoms with Crippen molar-refractivity contribution in [1.82, 2.24) is 20.1 Å². The predicted octanol–water partition coefficient (Wildman–Crippen LogP) is 0.290. The summed E-state index contributed by atoms with van der Waals surface area (Å²) in [7, 11) is 0. The van der Waals surface area contributed by atoms with Crippen LogP contribution >= 0.6 is 0 Å². The Morgan fingerprint density at radius 3 is 2.85 bits per heavy atom. The number of ether oxygens (including phenoxy) is 1. The van der Waals surface area contributed by atoms with Gasteiger partial charge in [-0.15, -0.1) is 0 Å². The molecule has 2 aliphatic heterocycles. The number of carbonyl (C=O) groups is 2. The third-order valence-corrected chi connectivity index (χ3v) is 5.28. The Balaban J connectivity index is 1.23. The smallest absolute Gasteiger partial charge is 0.273 e. The van der Waals surface area contributed by atoms with Crippen molar-refractivity contribution in [2.45, 2.75) is 31.7 Å². The molecular formula is C18H26N4O4. The first-order valence-electron chi connectivity index (χ1n) is 9.50. The first-order chi connectivity index (χ1) is 12.7. The molecule has 2 amide bonds. The fourth-order valence-corrected chi connectivity index (χ4v) is 3.51. The summed E-state index contributed by atoms with van der Waals surface area (Å²) in [4.78, 5) is 33.0. The van der Waals surface area contributed by atoms with Crippen LogP contribution in [0.4, 0.5) is 0 Å². The Bertz CT molecular complexity index is 651. The van der Waals surface area contributed by atoms with Gasteiger partial charge in [0.05, 0.1) is 19.3 Å². The number of hydrogen-bond donors (Lipinski definition) is 1. The second-order valence-electron chi connectivity index (χ2n) is 7.44. The molecule has 1 aromatic heterocycles. The highest BCUT2D eigenvalue weighted by Crippen LogP contribution is 2.32. The maximum Gasteiger partial charge on any atom is 0.273 e. The second-order valence-corrected chi connectivity index (χ2v) is 7.44. The van der Waals surface area contributed by atoms with E-state index in [4.69, 9.17) is 9.15 Å². The van der Waals surface area contributed by atoms with Gasteiger partial charge >= 0.3 is 0 Å². The minimum atomic E-state index is -0.261. The van der Waals surface area contributed by atoms with Gasteiger partial charge in [0.25, 0.3) is 5.91 Å². The summed E-state index contributed by atoms with van der Waals surface area (Å²) in [5.41, 5.74) is 0.305. The van der Waals surface area contributed by atoms with Crippen molar-refractivity contribution in [1.29, 1.82) is 0 Å². The lowest BCUT2D eigenvalue weighted by molar-refractivity contribution is -0.128. The van der Waals surface area contributed by atoms with Crippen LogP contribution in [0.3, 0.4) is 0 Å². The van der Waals surface area contributed by atoms with Gasteiger partial charge in [-0.05, 0) is 18.8 Å². The number of nitrogens with zero attached hydrogens (tertiary/aromatic N) is 3. The second kappa shape index (κ2) is 7.75. The molecular weight excluding hydrogens is 336 g/mol. The van der Waals surface area contributed by atoms with Gasteiger partial charge in [0, 0.05) is 45.6 Å². The zero-order valence-electron chi connectivity index (χ0n) is 15.0. The molecule has 3 fully saturated rings. The summed E-state index contributed by atoms with van der Waals surface area (Å²) in [5.74, 6) is 1.13. The molecule has 0 spiro atoms. The maximum absolute atomic E-state index is 12.3. The van der Waals surface area contributed by atoms with Crippen molar-refractivity contribution in [2.75, 3.05) is 45.9 Å². The molecule has 1 aromatic rings. The largest absolute Gasteiger partial charge is 0.448 e.